The van der Waals surface area contributed by atoms with Gasteiger partial charge in [0.15, 0.2) is 0 Å². The maximum Gasteiger partial charge on any atom is 0.267 e. The molecule has 140 valence electrons. The van der Waals surface area contributed by atoms with E-state index >= 15 is 0 Å². The molecule has 3 N–H and O–H groups in total. The van der Waals surface area contributed by atoms with Gasteiger partial charge in [-0.3, -0.25) is 10.0 Å². The predicted molar refractivity (Wildman–Crippen MR) is 108 cm³/mol. The Morgan fingerprint density at radius 1 is 1.19 bits per heavy atom. The first-order valence-corrected chi connectivity index (χ1v) is 7.89. The van der Waals surface area contributed by atoms with Gasteiger partial charge in [-0.15, -0.1) is 24.8 Å². The monoisotopic (exact) mass is 396 g/mol. The molecule has 0 radical (unpaired) electrons. The Bertz CT molecular complexity index is 711. The molecule has 3 rings (SSSR count). The Morgan fingerprint density at radius 3 is 2.62 bits per heavy atom. The van der Waals surface area contributed by atoms with E-state index in [9.17, 15) is 4.79 Å². The summed E-state index contributed by atoms with van der Waals surface area (Å²) in [5, 5.41) is 11.9. The molecule has 1 saturated heterocycles. The quantitative estimate of drug-likeness (QED) is 0.411. The summed E-state index contributed by atoms with van der Waals surface area (Å²) in [6.07, 6.45) is 5.59. The molecule has 1 atom stereocenters. The topological polar surface area (TPSA) is 77.5 Å². The van der Waals surface area contributed by atoms with Crippen molar-refractivity contribution in [3.8, 4) is 0 Å². The lowest BCUT2D eigenvalue weighted by molar-refractivity contribution is -0.124. The smallest absolute Gasteiger partial charge is 0.267 e. The van der Waals surface area contributed by atoms with Crippen molar-refractivity contribution in [1.82, 2.24) is 10.5 Å². The number of pyridine rings is 1. The number of amides is 1. The fourth-order valence-corrected chi connectivity index (χ4v) is 2.76. The maximum atomic E-state index is 10.9. The summed E-state index contributed by atoms with van der Waals surface area (Å²) in [5.41, 5.74) is 3.59. The Hall–Kier alpha value is -2.28. The molecule has 1 amide bonds. The summed E-state index contributed by atoms with van der Waals surface area (Å²) >= 11 is 0. The number of aromatic nitrogens is 1. The van der Waals surface area contributed by atoms with Crippen LogP contribution in [0.4, 0.5) is 11.5 Å². The third-order valence-electron chi connectivity index (χ3n) is 3.99. The third-order valence-corrected chi connectivity index (χ3v) is 3.99. The number of hydrogen-bond acceptors (Lipinski definition) is 5. The second-order valence-electron chi connectivity index (χ2n) is 5.70. The van der Waals surface area contributed by atoms with Gasteiger partial charge in [0.1, 0.15) is 5.82 Å². The number of hydroxylamine groups is 1. The normalized spacial score (nSPS) is 15.9. The van der Waals surface area contributed by atoms with E-state index in [4.69, 9.17) is 5.21 Å². The number of anilines is 2. The molecule has 0 aliphatic carbocycles. The highest BCUT2D eigenvalue weighted by Gasteiger charge is 2.22. The van der Waals surface area contributed by atoms with Gasteiger partial charge in [0.05, 0.1) is 0 Å². The van der Waals surface area contributed by atoms with E-state index in [1.54, 1.807) is 17.8 Å². The number of rotatable bonds is 5. The van der Waals surface area contributed by atoms with Gasteiger partial charge in [0.25, 0.3) is 5.91 Å². The molecule has 8 heteroatoms. The molecule has 1 aromatic carbocycles. The van der Waals surface area contributed by atoms with Gasteiger partial charge in [-0.2, -0.15) is 0 Å². The van der Waals surface area contributed by atoms with E-state index in [1.165, 1.54) is 11.8 Å². The van der Waals surface area contributed by atoms with Crippen molar-refractivity contribution in [1.29, 1.82) is 0 Å². The van der Waals surface area contributed by atoms with Crippen LogP contribution in [0.25, 0.3) is 6.08 Å². The molecular formula is C18H22Cl2N4O2. The summed E-state index contributed by atoms with van der Waals surface area (Å²) in [6, 6.07) is 14.5. The third kappa shape index (κ3) is 5.91. The lowest BCUT2D eigenvalue weighted by Crippen LogP contribution is -2.26. The van der Waals surface area contributed by atoms with Crippen LogP contribution in [0.2, 0.25) is 0 Å². The number of carbonyl (C=O) groups is 1. The van der Waals surface area contributed by atoms with Crippen LogP contribution < -0.4 is 15.7 Å². The Kier molecular flexibility index (Phi) is 8.92. The second kappa shape index (κ2) is 10.7. The zero-order valence-electron chi connectivity index (χ0n) is 14.0. The van der Waals surface area contributed by atoms with E-state index in [0.717, 1.165) is 30.9 Å². The minimum absolute atomic E-state index is 0. The second-order valence-corrected chi connectivity index (χ2v) is 5.70. The van der Waals surface area contributed by atoms with Gasteiger partial charge in [0.2, 0.25) is 0 Å². The number of benzene rings is 1. The first kappa shape index (κ1) is 21.8. The summed E-state index contributed by atoms with van der Waals surface area (Å²) in [5.74, 6) is 0.253. The summed E-state index contributed by atoms with van der Waals surface area (Å²) < 4.78 is 0. The minimum Gasteiger partial charge on any atom is -0.369 e. The molecule has 1 aliphatic heterocycles. The van der Waals surface area contributed by atoms with Crippen LogP contribution in [0.5, 0.6) is 0 Å². The highest BCUT2D eigenvalue weighted by molar-refractivity contribution is 5.90. The van der Waals surface area contributed by atoms with Crippen LogP contribution in [0.15, 0.2) is 54.7 Å². The molecule has 2 heterocycles. The Balaban J connectivity index is 0.00000169. The highest BCUT2D eigenvalue weighted by atomic mass is 35.5. The Labute approximate surface area is 165 Å². The molecule has 26 heavy (non-hydrogen) atoms. The van der Waals surface area contributed by atoms with Gasteiger partial charge in [0, 0.05) is 37.1 Å². The zero-order valence-corrected chi connectivity index (χ0v) is 15.7. The number of carbonyl (C=O) groups excluding carboxylic acids is 1. The van der Waals surface area contributed by atoms with E-state index in [-0.39, 0.29) is 24.8 Å². The highest BCUT2D eigenvalue weighted by Crippen LogP contribution is 2.21. The van der Waals surface area contributed by atoms with Gasteiger partial charge in [-0.05, 0) is 42.3 Å². The van der Waals surface area contributed by atoms with Crippen LogP contribution in [-0.4, -0.2) is 35.2 Å². The number of nitrogens with zero attached hydrogens (tertiary/aromatic N) is 2. The average molecular weight is 397 g/mol. The van der Waals surface area contributed by atoms with Gasteiger partial charge < -0.3 is 10.2 Å². The number of hydrogen-bond donors (Lipinski definition) is 3. The van der Waals surface area contributed by atoms with E-state index in [2.05, 4.69) is 39.5 Å². The molecule has 1 aliphatic rings. The molecule has 0 bridgehead atoms. The number of nitrogens with one attached hydrogen (secondary N) is 2. The van der Waals surface area contributed by atoms with Crippen LogP contribution in [0, 0.1) is 0 Å². The van der Waals surface area contributed by atoms with Gasteiger partial charge in [-0.25, -0.2) is 10.5 Å². The fourth-order valence-electron chi connectivity index (χ4n) is 2.76. The Morgan fingerprint density at radius 2 is 1.96 bits per heavy atom. The van der Waals surface area contributed by atoms with Crippen molar-refractivity contribution in [3.05, 3.63) is 60.3 Å². The van der Waals surface area contributed by atoms with Crippen LogP contribution >= 0.6 is 24.8 Å². The maximum absolute atomic E-state index is 10.9. The van der Waals surface area contributed by atoms with Crippen molar-refractivity contribution in [2.75, 3.05) is 23.3 Å². The van der Waals surface area contributed by atoms with E-state index < -0.39 is 5.91 Å². The van der Waals surface area contributed by atoms with Crippen molar-refractivity contribution < 1.29 is 10.0 Å². The van der Waals surface area contributed by atoms with Crippen molar-refractivity contribution in [3.63, 3.8) is 0 Å². The fraction of sp³-hybridized carbons (Fsp3) is 0.222. The first-order chi connectivity index (χ1) is 11.7. The largest absolute Gasteiger partial charge is 0.369 e. The number of halogens is 2. The van der Waals surface area contributed by atoms with Gasteiger partial charge >= 0.3 is 0 Å². The van der Waals surface area contributed by atoms with Crippen molar-refractivity contribution >= 4 is 48.3 Å². The molecule has 0 unspecified atom stereocenters. The van der Waals surface area contributed by atoms with Crippen molar-refractivity contribution in [2.24, 2.45) is 0 Å². The molecular weight excluding hydrogens is 375 g/mol. The summed E-state index contributed by atoms with van der Waals surface area (Å²) in [6.45, 7) is 1.97. The summed E-state index contributed by atoms with van der Waals surface area (Å²) in [7, 11) is 0. The van der Waals surface area contributed by atoms with Crippen molar-refractivity contribution in [2.45, 2.75) is 12.5 Å². The van der Waals surface area contributed by atoms with E-state index in [1.807, 2.05) is 18.2 Å². The lowest BCUT2D eigenvalue weighted by Gasteiger charge is -2.19. The number of para-hydroxylation sites is 1. The molecule has 0 spiro atoms. The standard InChI is InChI=1S/C18H20N4O2.2ClH/c23-18(21-24)9-7-14-6-8-17(19-12-14)20-15-10-11-22(13-15)16-4-2-1-3-5-16;;/h1-9,12,15,24H,10-11,13H2,(H,19,20)(H,21,23);2*1H/t15-;;/m1../s1. The van der Waals surface area contributed by atoms with Crippen LogP contribution in [0.1, 0.15) is 12.0 Å². The average Bonchev–Trinajstić information content (AvgIpc) is 3.10. The zero-order chi connectivity index (χ0) is 16.8. The molecule has 1 aromatic heterocycles. The summed E-state index contributed by atoms with van der Waals surface area (Å²) in [4.78, 5) is 17.7. The molecule has 2 aromatic rings. The molecule has 6 nitrogen and oxygen atoms in total. The molecule has 0 saturated carbocycles. The molecule has 1 fully saturated rings. The lowest BCUT2D eigenvalue weighted by atomic mass is 10.2. The first-order valence-electron chi connectivity index (χ1n) is 7.89. The van der Waals surface area contributed by atoms with Crippen LogP contribution in [0.3, 0.4) is 0 Å². The minimum atomic E-state index is -0.566. The van der Waals surface area contributed by atoms with Gasteiger partial charge in [-0.1, -0.05) is 18.2 Å². The predicted octanol–water partition coefficient (Wildman–Crippen LogP) is 3.13. The van der Waals surface area contributed by atoms with E-state index in [0.29, 0.717) is 6.04 Å². The SMILES string of the molecule is Cl.Cl.O=C(C=Cc1ccc(N[C@@H]2CCN(c3ccccc3)C2)nc1)NO. The van der Waals surface area contributed by atoms with Crippen LogP contribution in [-0.2, 0) is 4.79 Å².